The van der Waals surface area contributed by atoms with E-state index in [4.69, 9.17) is 27.7 Å². The molecule has 1 unspecified atom stereocenters. The highest BCUT2D eigenvalue weighted by atomic mass is 35.5. The van der Waals surface area contributed by atoms with Gasteiger partial charge in [-0.1, -0.05) is 28.4 Å². The van der Waals surface area contributed by atoms with E-state index in [-0.39, 0.29) is 51.5 Å². The van der Waals surface area contributed by atoms with Crippen LogP contribution in [-0.4, -0.2) is 61.4 Å². The Morgan fingerprint density at radius 1 is 1.22 bits per heavy atom. The van der Waals surface area contributed by atoms with E-state index in [1.807, 2.05) is 5.32 Å². The van der Waals surface area contributed by atoms with Crippen LogP contribution in [0.5, 0.6) is 0 Å². The van der Waals surface area contributed by atoms with Gasteiger partial charge in [0.25, 0.3) is 0 Å². The Kier molecular flexibility index (Phi) is 7.68. The number of piperidine rings is 1. The number of carbonyl (C=O) groups is 2. The van der Waals surface area contributed by atoms with Crippen molar-refractivity contribution in [1.29, 1.82) is 0 Å². The summed E-state index contributed by atoms with van der Waals surface area (Å²) in [6.45, 7) is 0.583. The van der Waals surface area contributed by atoms with E-state index in [1.165, 1.54) is 18.2 Å². The lowest BCUT2D eigenvalue weighted by Crippen LogP contribution is -2.52. The zero-order valence-electron chi connectivity index (χ0n) is 18.6. The highest BCUT2D eigenvalue weighted by Crippen LogP contribution is 2.33. The minimum absolute atomic E-state index is 0.0104. The van der Waals surface area contributed by atoms with E-state index in [9.17, 15) is 31.2 Å². The number of alkyl halides is 3. The number of hydrogen-bond donors (Lipinski definition) is 2. The molecule has 0 aliphatic carbocycles. The van der Waals surface area contributed by atoms with Crippen LogP contribution < -0.4 is 10.6 Å². The smallest absolute Gasteiger partial charge is 0.360 e. The molecule has 15 heteroatoms. The molecule has 1 amide bonds. The first-order valence-corrected chi connectivity index (χ1v) is 13.1. The van der Waals surface area contributed by atoms with Crippen molar-refractivity contribution in [3.05, 3.63) is 45.3 Å². The van der Waals surface area contributed by atoms with Crippen LogP contribution in [-0.2, 0) is 27.8 Å². The fourth-order valence-electron chi connectivity index (χ4n) is 4.34. The van der Waals surface area contributed by atoms with E-state index < -0.39 is 39.8 Å². The zero-order chi connectivity index (χ0) is 26.3. The molecule has 2 aliphatic rings. The van der Waals surface area contributed by atoms with Gasteiger partial charge in [0.2, 0.25) is 15.8 Å². The lowest BCUT2D eigenvalue weighted by Gasteiger charge is -2.30. The third-order valence-electron chi connectivity index (χ3n) is 6.22. The molecule has 3 heterocycles. The van der Waals surface area contributed by atoms with Crippen LogP contribution in [0.3, 0.4) is 0 Å². The van der Waals surface area contributed by atoms with Gasteiger partial charge in [0.1, 0.15) is 10.7 Å². The van der Waals surface area contributed by atoms with Gasteiger partial charge in [0.05, 0.1) is 11.1 Å². The molecular formula is C21H21Cl2F3N4O5S. The number of sulfonamides is 1. The van der Waals surface area contributed by atoms with Gasteiger partial charge in [-0.15, -0.1) is 0 Å². The van der Waals surface area contributed by atoms with Crippen molar-refractivity contribution >= 4 is 44.9 Å². The lowest BCUT2D eigenvalue weighted by atomic mass is 9.85. The average molecular weight is 569 g/mol. The van der Waals surface area contributed by atoms with E-state index in [1.54, 1.807) is 0 Å². The Labute approximate surface area is 214 Å². The molecule has 4 rings (SSSR count). The van der Waals surface area contributed by atoms with Crippen molar-refractivity contribution in [2.75, 3.05) is 19.6 Å². The van der Waals surface area contributed by atoms with Crippen LogP contribution in [0.1, 0.15) is 34.7 Å². The summed E-state index contributed by atoms with van der Waals surface area (Å²) in [7, 11) is -4.15. The first-order chi connectivity index (χ1) is 16.9. The largest absolute Gasteiger partial charge is 0.471 e. The molecule has 1 atom stereocenters. The molecule has 1 aromatic carbocycles. The minimum atomic E-state index is -5.18. The first kappa shape index (κ1) is 26.9. The van der Waals surface area contributed by atoms with Crippen molar-refractivity contribution in [3.8, 4) is 0 Å². The molecule has 196 valence electrons. The lowest BCUT2D eigenvalue weighted by molar-refractivity contribution is -0.174. The number of carbonyl (C=O) groups excluding carboxylic acids is 2. The van der Waals surface area contributed by atoms with Gasteiger partial charge in [-0.25, -0.2) is 8.42 Å². The zero-order valence-corrected chi connectivity index (χ0v) is 20.9. The van der Waals surface area contributed by atoms with Crippen LogP contribution in [0.4, 0.5) is 13.2 Å². The fraction of sp³-hybridized carbons (Fsp3) is 0.476. The Bertz CT molecular complexity index is 1280. The predicted octanol–water partition coefficient (Wildman–Crippen LogP) is 2.96. The number of hydrogen-bond acceptors (Lipinski definition) is 7. The molecule has 2 aromatic rings. The molecule has 1 fully saturated rings. The summed E-state index contributed by atoms with van der Waals surface area (Å²) in [5, 5.41) is 8.73. The molecule has 36 heavy (non-hydrogen) atoms. The second-order valence-electron chi connectivity index (χ2n) is 8.50. The second kappa shape index (κ2) is 10.3. The van der Waals surface area contributed by atoms with Gasteiger partial charge in [-0.3, -0.25) is 9.59 Å². The van der Waals surface area contributed by atoms with Crippen LogP contribution >= 0.6 is 23.2 Å². The Balaban J connectivity index is 1.65. The highest BCUT2D eigenvalue weighted by molar-refractivity contribution is 7.89. The molecular weight excluding hydrogens is 548 g/mol. The molecule has 2 aliphatic heterocycles. The maximum atomic E-state index is 13.4. The van der Waals surface area contributed by atoms with Crippen molar-refractivity contribution in [3.63, 3.8) is 0 Å². The number of halogens is 5. The third kappa shape index (κ3) is 5.40. The summed E-state index contributed by atoms with van der Waals surface area (Å²) in [5.74, 6) is -3.44. The van der Waals surface area contributed by atoms with Crippen molar-refractivity contribution < 1.29 is 35.7 Å². The monoisotopic (exact) mass is 568 g/mol. The summed E-state index contributed by atoms with van der Waals surface area (Å²) < 4.78 is 71.8. The number of aromatic nitrogens is 1. The van der Waals surface area contributed by atoms with Gasteiger partial charge in [0.15, 0.2) is 5.69 Å². The van der Waals surface area contributed by atoms with E-state index >= 15 is 0 Å². The number of nitrogens with one attached hydrogen (secondary N) is 2. The summed E-state index contributed by atoms with van der Waals surface area (Å²) in [6.07, 6.45) is -4.42. The number of rotatable bonds is 6. The van der Waals surface area contributed by atoms with Gasteiger partial charge < -0.3 is 15.2 Å². The fourth-order valence-corrected chi connectivity index (χ4v) is 6.49. The Morgan fingerprint density at radius 2 is 1.92 bits per heavy atom. The maximum absolute atomic E-state index is 13.4. The first-order valence-electron chi connectivity index (χ1n) is 10.9. The van der Waals surface area contributed by atoms with Crippen LogP contribution in [0, 0.1) is 5.92 Å². The maximum Gasteiger partial charge on any atom is 0.471 e. The standard InChI is InChI=1S/C21H21Cl2F3N4O5S/c22-12-1-2-14(23)16(9-12)36(33,34)30-8-5-15-13(10-30)18(29-35-15)19(31)17(11-3-6-27-7-4-11)28-20(32)21(24,25)26/h1-2,9,11,17,27H,3-8,10H2,(H,28,32). The molecule has 0 bridgehead atoms. The quantitative estimate of drug-likeness (QED) is 0.514. The van der Waals surface area contributed by atoms with E-state index in [0.29, 0.717) is 25.9 Å². The van der Waals surface area contributed by atoms with Gasteiger partial charge >= 0.3 is 12.1 Å². The molecule has 0 saturated carbocycles. The summed E-state index contributed by atoms with van der Waals surface area (Å²) in [6, 6.07) is 2.47. The number of nitrogens with zero attached hydrogens (tertiary/aromatic N) is 2. The Morgan fingerprint density at radius 3 is 2.58 bits per heavy atom. The minimum Gasteiger partial charge on any atom is -0.360 e. The number of benzene rings is 1. The summed E-state index contributed by atoms with van der Waals surface area (Å²) >= 11 is 12.0. The van der Waals surface area contributed by atoms with Crippen LogP contribution in [0.25, 0.3) is 0 Å². The predicted molar refractivity (Wildman–Crippen MR) is 122 cm³/mol. The SMILES string of the molecule is O=C(c1noc2c1CN(S(=O)(=O)c1cc(Cl)ccc1Cl)CC2)C(NC(=O)C(F)(F)F)C1CCNCC1. The Hall–Kier alpha value is -2.19. The van der Waals surface area contributed by atoms with Gasteiger partial charge in [-0.05, 0) is 50.0 Å². The van der Waals surface area contributed by atoms with Gasteiger partial charge in [-0.2, -0.15) is 17.5 Å². The number of ketones is 1. The summed E-state index contributed by atoms with van der Waals surface area (Å²) in [5.41, 5.74) is -0.179. The van der Waals surface area contributed by atoms with E-state index in [2.05, 4.69) is 10.5 Å². The van der Waals surface area contributed by atoms with Gasteiger partial charge in [0, 0.05) is 30.1 Å². The van der Waals surface area contributed by atoms with Crippen LogP contribution in [0.15, 0.2) is 27.6 Å². The van der Waals surface area contributed by atoms with Crippen molar-refractivity contribution in [1.82, 2.24) is 20.1 Å². The second-order valence-corrected chi connectivity index (χ2v) is 11.2. The molecule has 9 nitrogen and oxygen atoms in total. The van der Waals surface area contributed by atoms with Crippen molar-refractivity contribution in [2.45, 2.75) is 42.9 Å². The highest BCUT2D eigenvalue weighted by Gasteiger charge is 2.44. The molecule has 0 spiro atoms. The van der Waals surface area contributed by atoms with Crippen LogP contribution in [0.2, 0.25) is 10.0 Å². The normalized spacial score (nSPS) is 18.5. The molecule has 1 aromatic heterocycles. The summed E-state index contributed by atoms with van der Waals surface area (Å²) in [4.78, 5) is 24.9. The number of amides is 1. The number of fused-ring (bicyclic) bond motifs is 1. The molecule has 1 saturated heterocycles. The van der Waals surface area contributed by atoms with E-state index in [0.717, 1.165) is 4.31 Å². The number of Topliss-reactive ketones (excluding diaryl/α,β-unsaturated/α-hetero) is 1. The average Bonchev–Trinajstić information content (AvgIpc) is 3.26. The third-order valence-corrected chi connectivity index (χ3v) is 8.78. The molecule has 0 radical (unpaired) electrons. The van der Waals surface area contributed by atoms with Crippen molar-refractivity contribution in [2.24, 2.45) is 5.92 Å². The molecule has 2 N–H and O–H groups in total. The topological polar surface area (TPSA) is 122 Å².